The highest BCUT2D eigenvalue weighted by molar-refractivity contribution is 5.28. The lowest BCUT2D eigenvalue weighted by molar-refractivity contribution is 0.341. The highest BCUT2D eigenvalue weighted by atomic mass is 19.1. The van der Waals surface area contributed by atoms with Crippen molar-refractivity contribution in [2.75, 3.05) is 26.1 Å². The lowest BCUT2D eigenvalue weighted by atomic mass is 10.1. The number of methoxy groups -OCH3 is 2. The quantitative estimate of drug-likeness (QED) is 0.867. The fraction of sp³-hybridized carbons (Fsp3) is 0.308. The second kappa shape index (κ2) is 6.65. The first-order valence-electron chi connectivity index (χ1n) is 6.03. The molecule has 1 N–H and O–H groups in total. The average molecular weight is 278 g/mol. The molecule has 1 heterocycles. The van der Waals surface area contributed by atoms with Crippen molar-refractivity contribution in [3.8, 4) is 12.0 Å². The van der Waals surface area contributed by atoms with Crippen molar-refractivity contribution in [3.05, 3.63) is 35.6 Å². The monoisotopic (exact) mass is 278 g/mol. The summed E-state index contributed by atoms with van der Waals surface area (Å²) < 4.78 is 22.7. The fourth-order valence-electron chi connectivity index (χ4n) is 1.57. The minimum Gasteiger partial charge on any atom is -0.467 e. The van der Waals surface area contributed by atoms with Gasteiger partial charge in [0, 0.05) is 6.54 Å². The fourth-order valence-corrected chi connectivity index (χ4v) is 1.57. The minimum absolute atomic E-state index is 0.182. The maximum absolute atomic E-state index is 12.8. The Morgan fingerprint density at radius 3 is 2.15 bits per heavy atom. The number of anilines is 1. The molecule has 0 amide bonds. The molecule has 7 heteroatoms. The first-order chi connectivity index (χ1) is 9.71. The van der Waals surface area contributed by atoms with E-state index in [0.29, 0.717) is 12.5 Å². The van der Waals surface area contributed by atoms with Gasteiger partial charge in [0.05, 0.1) is 14.2 Å². The largest absolute Gasteiger partial charge is 0.467 e. The number of nitrogens with one attached hydrogen (secondary N) is 1. The number of hydrogen-bond acceptors (Lipinski definition) is 6. The van der Waals surface area contributed by atoms with Crippen LogP contribution in [0.4, 0.5) is 10.3 Å². The maximum atomic E-state index is 12.8. The molecule has 0 aliphatic rings. The molecule has 0 saturated heterocycles. The molecule has 2 rings (SSSR count). The number of halogens is 1. The Morgan fingerprint density at radius 1 is 1.00 bits per heavy atom. The molecular formula is C13H15FN4O2. The number of ether oxygens (including phenoxy) is 2. The van der Waals surface area contributed by atoms with E-state index in [2.05, 4.69) is 20.3 Å². The molecule has 0 radical (unpaired) electrons. The summed E-state index contributed by atoms with van der Waals surface area (Å²) in [7, 11) is 2.94. The van der Waals surface area contributed by atoms with Gasteiger partial charge in [-0.1, -0.05) is 12.1 Å². The molecule has 20 heavy (non-hydrogen) atoms. The third kappa shape index (κ3) is 3.78. The van der Waals surface area contributed by atoms with E-state index in [9.17, 15) is 4.39 Å². The number of nitrogens with zero attached hydrogens (tertiary/aromatic N) is 3. The molecule has 2 aromatic rings. The van der Waals surface area contributed by atoms with E-state index < -0.39 is 0 Å². The average Bonchev–Trinajstić information content (AvgIpc) is 2.49. The third-order valence-corrected chi connectivity index (χ3v) is 2.57. The summed E-state index contributed by atoms with van der Waals surface area (Å²) >= 11 is 0. The van der Waals surface area contributed by atoms with Gasteiger partial charge in [0.15, 0.2) is 0 Å². The Balaban J connectivity index is 1.94. The molecular weight excluding hydrogens is 263 g/mol. The van der Waals surface area contributed by atoms with Crippen molar-refractivity contribution in [2.45, 2.75) is 6.42 Å². The SMILES string of the molecule is COc1nc(NCCc2ccc(F)cc2)nc(OC)n1. The molecule has 0 saturated carbocycles. The van der Waals surface area contributed by atoms with E-state index in [1.54, 1.807) is 12.1 Å². The van der Waals surface area contributed by atoms with Crippen LogP contribution in [0.15, 0.2) is 24.3 Å². The van der Waals surface area contributed by atoms with E-state index in [-0.39, 0.29) is 17.8 Å². The van der Waals surface area contributed by atoms with E-state index in [4.69, 9.17) is 9.47 Å². The molecule has 6 nitrogen and oxygen atoms in total. The van der Waals surface area contributed by atoms with E-state index in [0.717, 1.165) is 12.0 Å². The second-order valence-electron chi connectivity index (χ2n) is 3.94. The van der Waals surface area contributed by atoms with Crippen LogP contribution in [-0.2, 0) is 6.42 Å². The van der Waals surface area contributed by atoms with Crippen molar-refractivity contribution in [1.82, 2.24) is 15.0 Å². The Kier molecular flexibility index (Phi) is 4.65. The van der Waals surface area contributed by atoms with E-state index in [1.165, 1.54) is 26.4 Å². The summed E-state index contributed by atoms with van der Waals surface area (Å²) in [6.07, 6.45) is 0.719. The van der Waals surface area contributed by atoms with Crippen LogP contribution >= 0.6 is 0 Å². The molecule has 0 fully saturated rings. The summed E-state index contributed by atoms with van der Waals surface area (Å²) in [5.41, 5.74) is 1.02. The number of aromatic nitrogens is 3. The van der Waals surface area contributed by atoms with Gasteiger partial charge in [-0.3, -0.25) is 0 Å². The lowest BCUT2D eigenvalue weighted by Crippen LogP contribution is -2.10. The van der Waals surface area contributed by atoms with Crippen LogP contribution in [0.1, 0.15) is 5.56 Å². The zero-order valence-electron chi connectivity index (χ0n) is 11.3. The van der Waals surface area contributed by atoms with Crippen molar-refractivity contribution >= 4 is 5.95 Å². The van der Waals surface area contributed by atoms with Gasteiger partial charge in [-0.2, -0.15) is 9.97 Å². The Labute approximate surface area is 116 Å². The highest BCUT2D eigenvalue weighted by Gasteiger charge is 2.06. The van der Waals surface area contributed by atoms with E-state index in [1.807, 2.05) is 0 Å². The summed E-state index contributed by atoms with van der Waals surface area (Å²) in [6, 6.07) is 6.72. The Morgan fingerprint density at radius 2 is 1.60 bits per heavy atom. The molecule has 0 spiro atoms. The summed E-state index contributed by atoms with van der Waals surface area (Å²) in [5.74, 6) is 0.129. The first kappa shape index (κ1) is 14.0. The van der Waals surface area contributed by atoms with E-state index >= 15 is 0 Å². The van der Waals surface area contributed by atoms with Crippen LogP contribution in [0, 0.1) is 5.82 Å². The lowest BCUT2D eigenvalue weighted by Gasteiger charge is -2.07. The molecule has 0 atom stereocenters. The van der Waals surface area contributed by atoms with Crippen molar-refractivity contribution < 1.29 is 13.9 Å². The van der Waals surface area contributed by atoms with Crippen molar-refractivity contribution in [2.24, 2.45) is 0 Å². The predicted molar refractivity (Wildman–Crippen MR) is 71.5 cm³/mol. The number of hydrogen-bond donors (Lipinski definition) is 1. The molecule has 0 aliphatic heterocycles. The van der Waals surface area contributed by atoms with Crippen LogP contribution in [-0.4, -0.2) is 35.7 Å². The van der Waals surface area contributed by atoms with Crippen LogP contribution in [0.2, 0.25) is 0 Å². The summed E-state index contributed by atoms with van der Waals surface area (Å²) in [5, 5.41) is 3.04. The van der Waals surface area contributed by atoms with Crippen LogP contribution in [0.3, 0.4) is 0 Å². The molecule has 0 bridgehead atoms. The third-order valence-electron chi connectivity index (χ3n) is 2.57. The predicted octanol–water partition coefficient (Wildman–Crippen LogP) is 1.68. The van der Waals surface area contributed by atoms with Crippen LogP contribution in [0.5, 0.6) is 12.0 Å². The number of rotatable bonds is 6. The molecule has 0 unspecified atom stereocenters. The molecule has 1 aromatic carbocycles. The van der Waals surface area contributed by atoms with Crippen LogP contribution < -0.4 is 14.8 Å². The van der Waals surface area contributed by atoms with Gasteiger partial charge in [-0.15, -0.1) is 4.98 Å². The Hall–Kier alpha value is -2.44. The van der Waals surface area contributed by atoms with Gasteiger partial charge in [0.2, 0.25) is 5.95 Å². The highest BCUT2D eigenvalue weighted by Crippen LogP contribution is 2.12. The topological polar surface area (TPSA) is 69.2 Å². The zero-order valence-corrected chi connectivity index (χ0v) is 11.3. The molecule has 1 aromatic heterocycles. The molecule has 0 aliphatic carbocycles. The van der Waals surface area contributed by atoms with Gasteiger partial charge in [-0.25, -0.2) is 4.39 Å². The Bertz CT molecular complexity index is 541. The second-order valence-corrected chi connectivity index (χ2v) is 3.94. The van der Waals surface area contributed by atoms with Gasteiger partial charge < -0.3 is 14.8 Å². The van der Waals surface area contributed by atoms with Crippen molar-refractivity contribution in [1.29, 1.82) is 0 Å². The standard InChI is InChI=1S/C13H15FN4O2/c1-19-12-16-11(17-13(18-12)20-2)15-8-7-9-3-5-10(14)6-4-9/h3-6H,7-8H2,1-2H3,(H,15,16,17,18). The van der Waals surface area contributed by atoms with Gasteiger partial charge in [-0.05, 0) is 24.1 Å². The van der Waals surface area contributed by atoms with Crippen LogP contribution in [0.25, 0.3) is 0 Å². The smallest absolute Gasteiger partial charge is 0.324 e. The minimum atomic E-state index is -0.242. The number of benzene rings is 1. The first-order valence-corrected chi connectivity index (χ1v) is 6.03. The van der Waals surface area contributed by atoms with Crippen molar-refractivity contribution in [3.63, 3.8) is 0 Å². The van der Waals surface area contributed by atoms with Gasteiger partial charge >= 0.3 is 12.0 Å². The maximum Gasteiger partial charge on any atom is 0.324 e. The summed E-state index contributed by atoms with van der Waals surface area (Å²) in [6.45, 7) is 0.599. The van der Waals surface area contributed by atoms with Gasteiger partial charge in [0.25, 0.3) is 0 Å². The molecule has 106 valence electrons. The van der Waals surface area contributed by atoms with Gasteiger partial charge in [0.1, 0.15) is 5.82 Å². The normalized spacial score (nSPS) is 10.2. The summed E-state index contributed by atoms with van der Waals surface area (Å²) in [4.78, 5) is 12.0. The zero-order chi connectivity index (χ0) is 14.4.